The number of amides is 1. The topological polar surface area (TPSA) is 66.5 Å². The number of nitrogens with one attached hydrogen (secondary N) is 2. The van der Waals surface area contributed by atoms with Gasteiger partial charge in [0.2, 0.25) is 0 Å². The van der Waals surface area contributed by atoms with Gasteiger partial charge in [-0.3, -0.25) is 14.7 Å². The van der Waals surface area contributed by atoms with E-state index in [1.165, 1.54) is 0 Å². The average Bonchev–Trinajstić information content (AvgIpc) is 2.66. The molecule has 0 saturated carbocycles. The second kappa shape index (κ2) is 9.19. The Balaban J connectivity index is 1.58. The Kier molecular flexibility index (Phi) is 6.68. The molecule has 26 heavy (non-hydrogen) atoms. The highest BCUT2D eigenvalue weighted by Crippen LogP contribution is 2.32. The number of rotatable bonds is 6. The Hall–Kier alpha value is -1.86. The molecule has 1 aliphatic rings. The normalized spacial score (nSPS) is 14.8. The fourth-order valence-electron chi connectivity index (χ4n) is 2.64. The smallest absolute Gasteiger partial charge is 0.269 e. The van der Waals surface area contributed by atoms with E-state index in [0.717, 1.165) is 32.8 Å². The molecule has 0 atom stereocenters. The third-order valence-electron chi connectivity index (χ3n) is 4.04. The quantitative estimate of drug-likeness (QED) is 0.787. The minimum Gasteiger partial charge on any atom is -0.379 e. The molecule has 0 aliphatic carbocycles. The first-order valence-electron chi connectivity index (χ1n) is 8.39. The Bertz CT molecular complexity index is 746. The first kappa shape index (κ1) is 18.9. The molecule has 8 heteroatoms. The van der Waals surface area contributed by atoms with Crippen molar-refractivity contribution in [2.75, 3.05) is 44.7 Å². The van der Waals surface area contributed by atoms with Crippen LogP contribution in [-0.2, 0) is 4.74 Å². The maximum absolute atomic E-state index is 12.3. The van der Waals surface area contributed by atoms with Gasteiger partial charge in [-0.15, -0.1) is 0 Å². The first-order valence-corrected chi connectivity index (χ1v) is 9.14. The number of carbonyl (C=O) groups excluding carboxylic acids is 1. The molecule has 138 valence electrons. The van der Waals surface area contributed by atoms with Crippen LogP contribution in [0.2, 0.25) is 10.0 Å². The second-order valence-electron chi connectivity index (χ2n) is 5.86. The van der Waals surface area contributed by atoms with Gasteiger partial charge in [0.05, 0.1) is 28.9 Å². The number of carbonyl (C=O) groups is 1. The van der Waals surface area contributed by atoms with E-state index in [1.807, 2.05) is 0 Å². The standard InChI is InChI=1S/C18H20Cl2N4O2/c19-14-2-1-3-15(20)17(14)23-13-4-5-21-16(12-13)18(25)22-6-7-24-8-10-26-11-9-24/h1-5,12H,6-11H2,(H,21,23)(H,22,25). The van der Waals surface area contributed by atoms with Crippen molar-refractivity contribution in [3.8, 4) is 0 Å². The molecule has 2 N–H and O–H groups in total. The number of nitrogens with zero attached hydrogens (tertiary/aromatic N) is 2. The summed E-state index contributed by atoms with van der Waals surface area (Å²) >= 11 is 12.3. The number of benzene rings is 1. The lowest BCUT2D eigenvalue weighted by atomic mass is 10.2. The van der Waals surface area contributed by atoms with Crippen LogP contribution in [-0.4, -0.2) is 55.2 Å². The van der Waals surface area contributed by atoms with Crippen molar-refractivity contribution < 1.29 is 9.53 Å². The third kappa shape index (κ3) is 5.08. The number of pyridine rings is 1. The predicted octanol–water partition coefficient (Wildman–Crippen LogP) is 3.19. The van der Waals surface area contributed by atoms with Crippen molar-refractivity contribution in [2.24, 2.45) is 0 Å². The summed E-state index contributed by atoms with van der Waals surface area (Å²) in [5, 5.41) is 7.04. The summed E-state index contributed by atoms with van der Waals surface area (Å²) in [7, 11) is 0. The van der Waals surface area contributed by atoms with E-state index < -0.39 is 0 Å². The summed E-state index contributed by atoms with van der Waals surface area (Å²) in [4.78, 5) is 18.7. The Morgan fingerprint density at radius 1 is 1.19 bits per heavy atom. The molecule has 1 saturated heterocycles. The summed E-state index contributed by atoms with van der Waals surface area (Å²) in [5.41, 5.74) is 1.62. The van der Waals surface area contributed by atoms with E-state index in [1.54, 1.807) is 36.5 Å². The number of halogens is 2. The zero-order valence-corrected chi connectivity index (χ0v) is 15.7. The predicted molar refractivity (Wildman–Crippen MR) is 104 cm³/mol. The fourth-order valence-corrected chi connectivity index (χ4v) is 3.13. The highest BCUT2D eigenvalue weighted by molar-refractivity contribution is 6.39. The molecular weight excluding hydrogens is 375 g/mol. The van der Waals surface area contributed by atoms with E-state index in [9.17, 15) is 4.79 Å². The lowest BCUT2D eigenvalue weighted by Gasteiger charge is -2.26. The van der Waals surface area contributed by atoms with Gasteiger partial charge in [0.1, 0.15) is 5.69 Å². The molecule has 0 radical (unpaired) electrons. The SMILES string of the molecule is O=C(NCCN1CCOCC1)c1cc(Nc2c(Cl)cccc2Cl)ccn1. The highest BCUT2D eigenvalue weighted by atomic mass is 35.5. The molecule has 0 unspecified atom stereocenters. The van der Waals surface area contributed by atoms with Crippen LogP contribution in [0, 0.1) is 0 Å². The summed E-state index contributed by atoms with van der Waals surface area (Å²) in [5.74, 6) is -0.216. The Labute approximate surface area is 162 Å². The van der Waals surface area contributed by atoms with Crippen molar-refractivity contribution in [1.82, 2.24) is 15.2 Å². The van der Waals surface area contributed by atoms with Crippen LogP contribution in [0.25, 0.3) is 0 Å². The zero-order valence-electron chi connectivity index (χ0n) is 14.2. The molecule has 1 amide bonds. The minimum absolute atomic E-state index is 0.216. The van der Waals surface area contributed by atoms with Crippen LogP contribution in [0.5, 0.6) is 0 Å². The monoisotopic (exact) mass is 394 g/mol. The molecule has 1 fully saturated rings. The number of anilines is 2. The third-order valence-corrected chi connectivity index (χ3v) is 4.67. The fraction of sp³-hybridized carbons (Fsp3) is 0.333. The summed E-state index contributed by atoms with van der Waals surface area (Å²) in [6.45, 7) is 4.64. The number of ether oxygens (including phenoxy) is 1. The average molecular weight is 395 g/mol. The molecule has 2 heterocycles. The van der Waals surface area contributed by atoms with Crippen LogP contribution >= 0.6 is 23.2 Å². The van der Waals surface area contributed by atoms with Crippen LogP contribution in [0.1, 0.15) is 10.5 Å². The molecule has 2 aromatic rings. The largest absolute Gasteiger partial charge is 0.379 e. The van der Waals surface area contributed by atoms with Crippen molar-refractivity contribution in [3.63, 3.8) is 0 Å². The lowest BCUT2D eigenvalue weighted by molar-refractivity contribution is 0.0383. The van der Waals surface area contributed by atoms with Crippen molar-refractivity contribution in [3.05, 3.63) is 52.3 Å². The summed E-state index contributed by atoms with van der Waals surface area (Å²) in [6.07, 6.45) is 1.57. The molecular formula is C18H20Cl2N4O2. The number of morpholine rings is 1. The van der Waals surface area contributed by atoms with Crippen molar-refractivity contribution >= 4 is 40.5 Å². The van der Waals surface area contributed by atoms with Gasteiger partial charge in [-0.2, -0.15) is 0 Å². The maximum atomic E-state index is 12.3. The van der Waals surface area contributed by atoms with E-state index in [2.05, 4.69) is 20.5 Å². The molecule has 0 spiro atoms. The van der Waals surface area contributed by atoms with Crippen molar-refractivity contribution in [1.29, 1.82) is 0 Å². The summed E-state index contributed by atoms with van der Waals surface area (Å²) in [6, 6.07) is 8.69. The zero-order chi connectivity index (χ0) is 18.4. The second-order valence-corrected chi connectivity index (χ2v) is 6.68. The summed E-state index contributed by atoms with van der Waals surface area (Å²) < 4.78 is 5.31. The van der Waals surface area contributed by atoms with Gasteiger partial charge in [-0.25, -0.2) is 0 Å². The van der Waals surface area contributed by atoms with Gasteiger partial charge in [0, 0.05) is 38.1 Å². The molecule has 3 rings (SSSR count). The number of hydrogen-bond acceptors (Lipinski definition) is 5. The lowest BCUT2D eigenvalue weighted by Crippen LogP contribution is -2.41. The molecule has 6 nitrogen and oxygen atoms in total. The first-order chi connectivity index (χ1) is 12.6. The van der Waals surface area contributed by atoms with Gasteiger partial charge in [-0.1, -0.05) is 29.3 Å². The van der Waals surface area contributed by atoms with Crippen LogP contribution in [0.4, 0.5) is 11.4 Å². The van der Waals surface area contributed by atoms with Gasteiger partial charge in [0.25, 0.3) is 5.91 Å². The minimum atomic E-state index is -0.216. The number of hydrogen-bond donors (Lipinski definition) is 2. The van der Waals surface area contributed by atoms with Gasteiger partial charge >= 0.3 is 0 Å². The molecule has 0 bridgehead atoms. The highest BCUT2D eigenvalue weighted by Gasteiger charge is 2.12. The van der Waals surface area contributed by atoms with Gasteiger partial charge < -0.3 is 15.4 Å². The van der Waals surface area contributed by atoms with E-state index >= 15 is 0 Å². The van der Waals surface area contributed by atoms with Crippen molar-refractivity contribution in [2.45, 2.75) is 0 Å². The van der Waals surface area contributed by atoms with Crippen LogP contribution in [0.15, 0.2) is 36.5 Å². The maximum Gasteiger partial charge on any atom is 0.269 e. The molecule has 1 aromatic carbocycles. The van der Waals surface area contributed by atoms with E-state index in [0.29, 0.717) is 33.7 Å². The van der Waals surface area contributed by atoms with Gasteiger partial charge in [0.15, 0.2) is 0 Å². The van der Waals surface area contributed by atoms with Crippen LogP contribution < -0.4 is 10.6 Å². The van der Waals surface area contributed by atoms with E-state index in [4.69, 9.17) is 27.9 Å². The Morgan fingerprint density at radius 3 is 2.65 bits per heavy atom. The molecule has 1 aliphatic heterocycles. The van der Waals surface area contributed by atoms with Gasteiger partial charge in [-0.05, 0) is 24.3 Å². The van der Waals surface area contributed by atoms with E-state index in [-0.39, 0.29) is 5.91 Å². The van der Waals surface area contributed by atoms with Crippen LogP contribution in [0.3, 0.4) is 0 Å². The number of para-hydroxylation sites is 1. The number of aromatic nitrogens is 1. The molecule has 1 aromatic heterocycles. The Morgan fingerprint density at radius 2 is 1.92 bits per heavy atom.